The molecule has 1 aromatic carbocycles. The predicted molar refractivity (Wildman–Crippen MR) is 124 cm³/mol. The molecule has 0 bridgehead atoms. The summed E-state index contributed by atoms with van der Waals surface area (Å²) in [7, 11) is 0. The number of nitrogens with one attached hydrogen (secondary N) is 2. The molecule has 0 saturated carbocycles. The van der Waals surface area contributed by atoms with Gasteiger partial charge in [-0.25, -0.2) is 9.67 Å². The third-order valence-corrected chi connectivity index (χ3v) is 5.49. The molecule has 0 unspecified atom stereocenters. The molecule has 3 aromatic rings. The Morgan fingerprint density at radius 1 is 1.19 bits per heavy atom. The minimum atomic E-state index is -0.208. The molecule has 2 aromatic heterocycles. The standard InChI is InChI=1S/C21H27N7O.2ClH/c1-16-20(25-26-28(16)18-7-10-22-11-8-18)21(29)24-15-19-23-12-14-27(19)13-9-17-5-3-2-4-6-17;;/h2-6,12,14,18,22H,7-11,13,15H2,1H3,(H,24,29);2*1H. The highest BCUT2D eigenvalue weighted by Crippen LogP contribution is 2.20. The molecular formula is C21H29Cl2N7O. The van der Waals surface area contributed by atoms with Gasteiger partial charge in [-0.1, -0.05) is 35.5 Å². The topological polar surface area (TPSA) is 89.7 Å². The highest BCUT2D eigenvalue weighted by Gasteiger charge is 2.23. The van der Waals surface area contributed by atoms with Gasteiger partial charge in [0.1, 0.15) is 5.82 Å². The van der Waals surface area contributed by atoms with Crippen LogP contribution < -0.4 is 10.6 Å². The fourth-order valence-electron chi connectivity index (χ4n) is 3.80. The summed E-state index contributed by atoms with van der Waals surface area (Å²) < 4.78 is 3.97. The zero-order valence-electron chi connectivity index (χ0n) is 17.5. The van der Waals surface area contributed by atoms with Crippen molar-refractivity contribution in [1.82, 2.24) is 35.2 Å². The van der Waals surface area contributed by atoms with Gasteiger partial charge < -0.3 is 15.2 Å². The summed E-state index contributed by atoms with van der Waals surface area (Å²) in [5.74, 6) is 0.623. The second-order valence-corrected chi connectivity index (χ2v) is 7.40. The molecule has 1 amide bonds. The molecule has 31 heavy (non-hydrogen) atoms. The fraction of sp³-hybridized carbons (Fsp3) is 0.429. The van der Waals surface area contributed by atoms with Crippen LogP contribution in [0.2, 0.25) is 0 Å². The van der Waals surface area contributed by atoms with Gasteiger partial charge in [0.2, 0.25) is 0 Å². The van der Waals surface area contributed by atoms with E-state index in [2.05, 4.69) is 42.6 Å². The molecule has 10 heteroatoms. The van der Waals surface area contributed by atoms with E-state index >= 15 is 0 Å². The number of halogens is 2. The normalized spacial score (nSPS) is 13.8. The molecule has 0 radical (unpaired) electrons. The number of piperidine rings is 1. The number of hydrogen-bond acceptors (Lipinski definition) is 5. The van der Waals surface area contributed by atoms with E-state index in [9.17, 15) is 4.79 Å². The summed E-state index contributed by atoms with van der Waals surface area (Å²) in [5, 5.41) is 14.7. The lowest BCUT2D eigenvalue weighted by molar-refractivity contribution is 0.0943. The van der Waals surface area contributed by atoms with Crippen LogP contribution >= 0.6 is 24.8 Å². The van der Waals surface area contributed by atoms with E-state index in [0.29, 0.717) is 18.3 Å². The second kappa shape index (κ2) is 11.8. The molecule has 0 aliphatic carbocycles. The van der Waals surface area contributed by atoms with Crippen molar-refractivity contribution in [2.24, 2.45) is 0 Å². The Morgan fingerprint density at radius 3 is 2.68 bits per heavy atom. The molecule has 0 spiro atoms. The predicted octanol–water partition coefficient (Wildman–Crippen LogP) is 2.72. The van der Waals surface area contributed by atoms with Crippen LogP contribution in [0.1, 0.15) is 46.5 Å². The van der Waals surface area contributed by atoms with Crippen molar-refractivity contribution in [3.63, 3.8) is 0 Å². The third-order valence-electron chi connectivity index (χ3n) is 5.49. The van der Waals surface area contributed by atoms with Gasteiger partial charge in [0.05, 0.1) is 18.3 Å². The smallest absolute Gasteiger partial charge is 0.274 e. The maximum Gasteiger partial charge on any atom is 0.274 e. The van der Waals surface area contributed by atoms with Crippen molar-refractivity contribution in [3.05, 3.63) is 65.5 Å². The van der Waals surface area contributed by atoms with Crippen LogP contribution in [-0.4, -0.2) is 43.5 Å². The number of benzene rings is 1. The van der Waals surface area contributed by atoms with Gasteiger partial charge in [0.25, 0.3) is 5.91 Å². The average molecular weight is 466 g/mol. The Bertz CT molecular complexity index is 952. The first-order valence-corrected chi connectivity index (χ1v) is 10.2. The maximum absolute atomic E-state index is 12.7. The molecule has 3 heterocycles. The molecule has 0 atom stereocenters. The van der Waals surface area contributed by atoms with E-state index < -0.39 is 0 Å². The minimum absolute atomic E-state index is 0. The van der Waals surface area contributed by atoms with Gasteiger partial charge >= 0.3 is 0 Å². The van der Waals surface area contributed by atoms with Gasteiger partial charge in [0, 0.05) is 18.9 Å². The number of imidazole rings is 1. The number of amides is 1. The van der Waals surface area contributed by atoms with Crippen LogP contribution in [0.4, 0.5) is 0 Å². The van der Waals surface area contributed by atoms with Crippen LogP contribution in [-0.2, 0) is 19.5 Å². The molecular weight excluding hydrogens is 437 g/mol. The van der Waals surface area contributed by atoms with E-state index in [1.54, 1.807) is 6.20 Å². The quantitative estimate of drug-likeness (QED) is 0.559. The number of hydrogen-bond donors (Lipinski definition) is 2. The average Bonchev–Trinajstić information content (AvgIpc) is 3.38. The van der Waals surface area contributed by atoms with E-state index in [-0.39, 0.29) is 30.7 Å². The summed E-state index contributed by atoms with van der Waals surface area (Å²) in [5.41, 5.74) is 2.49. The van der Waals surface area contributed by atoms with Crippen LogP contribution in [0.5, 0.6) is 0 Å². The number of rotatable bonds is 7. The number of aromatic nitrogens is 5. The molecule has 1 aliphatic rings. The third kappa shape index (κ3) is 6.06. The molecule has 2 N–H and O–H groups in total. The van der Waals surface area contributed by atoms with Gasteiger partial charge in [-0.05, 0) is 44.8 Å². The first-order chi connectivity index (χ1) is 14.2. The lowest BCUT2D eigenvalue weighted by atomic mass is 10.1. The lowest BCUT2D eigenvalue weighted by Crippen LogP contribution is -2.30. The van der Waals surface area contributed by atoms with E-state index in [0.717, 1.165) is 50.4 Å². The van der Waals surface area contributed by atoms with Gasteiger partial charge in [-0.2, -0.15) is 0 Å². The van der Waals surface area contributed by atoms with Crippen molar-refractivity contribution in [1.29, 1.82) is 0 Å². The van der Waals surface area contributed by atoms with Crippen molar-refractivity contribution in [3.8, 4) is 0 Å². The lowest BCUT2D eigenvalue weighted by Gasteiger charge is -2.23. The van der Waals surface area contributed by atoms with Gasteiger partial charge in [0.15, 0.2) is 5.69 Å². The Balaban J connectivity index is 0.00000171. The van der Waals surface area contributed by atoms with Crippen molar-refractivity contribution >= 4 is 30.7 Å². The van der Waals surface area contributed by atoms with Crippen molar-refractivity contribution in [2.45, 2.75) is 45.3 Å². The monoisotopic (exact) mass is 465 g/mol. The second-order valence-electron chi connectivity index (χ2n) is 7.40. The van der Waals surface area contributed by atoms with E-state index in [1.807, 2.05) is 36.0 Å². The molecule has 8 nitrogen and oxygen atoms in total. The van der Waals surface area contributed by atoms with Crippen molar-refractivity contribution < 1.29 is 4.79 Å². The number of carbonyl (C=O) groups is 1. The van der Waals surface area contributed by atoms with Gasteiger partial charge in [-0.15, -0.1) is 29.9 Å². The molecule has 1 saturated heterocycles. The number of carbonyl (C=O) groups excluding carboxylic acids is 1. The minimum Gasteiger partial charge on any atom is -0.343 e. The summed E-state index contributed by atoms with van der Waals surface area (Å²) in [4.78, 5) is 17.1. The Morgan fingerprint density at radius 2 is 1.94 bits per heavy atom. The highest BCUT2D eigenvalue weighted by molar-refractivity contribution is 5.93. The summed E-state index contributed by atoms with van der Waals surface area (Å²) in [6.07, 6.45) is 6.64. The van der Waals surface area contributed by atoms with Crippen LogP contribution in [0.25, 0.3) is 0 Å². The highest BCUT2D eigenvalue weighted by atomic mass is 35.5. The van der Waals surface area contributed by atoms with Crippen molar-refractivity contribution in [2.75, 3.05) is 13.1 Å². The Labute approximate surface area is 194 Å². The molecule has 4 rings (SSSR count). The molecule has 168 valence electrons. The molecule has 1 aliphatic heterocycles. The van der Waals surface area contributed by atoms with Gasteiger partial charge in [-0.3, -0.25) is 4.79 Å². The SMILES string of the molecule is Cc1c(C(=O)NCc2nccn2CCc2ccccc2)nnn1C1CCNCC1.Cl.Cl. The first-order valence-electron chi connectivity index (χ1n) is 10.2. The zero-order chi connectivity index (χ0) is 20.1. The Hall–Kier alpha value is -2.42. The summed E-state index contributed by atoms with van der Waals surface area (Å²) >= 11 is 0. The zero-order valence-corrected chi connectivity index (χ0v) is 19.2. The number of nitrogens with zero attached hydrogens (tertiary/aromatic N) is 5. The summed E-state index contributed by atoms with van der Waals surface area (Å²) in [6, 6.07) is 10.7. The van der Waals surface area contributed by atoms with E-state index in [4.69, 9.17) is 0 Å². The first kappa shape index (κ1) is 24.8. The van der Waals surface area contributed by atoms with Crippen LogP contribution in [0.3, 0.4) is 0 Å². The Kier molecular flexibility index (Phi) is 9.48. The largest absolute Gasteiger partial charge is 0.343 e. The number of aryl methyl sites for hydroxylation is 2. The molecule has 1 fully saturated rings. The summed E-state index contributed by atoms with van der Waals surface area (Å²) in [6.45, 7) is 5.03. The van der Waals surface area contributed by atoms with E-state index in [1.165, 1.54) is 5.56 Å². The fourth-order valence-corrected chi connectivity index (χ4v) is 3.80. The maximum atomic E-state index is 12.7. The van der Waals surface area contributed by atoms with Crippen LogP contribution in [0, 0.1) is 6.92 Å². The van der Waals surface area contributed by atoms with Crippen LogP contribution in [0.15, 0.2) is 42.7 Å².